The molecule has 0 radical (unpaired) electrons. The molecule has 1 aliphatic rings. The molecule has 0 aliphatic carbocycles. The van der Waals surface area contributed by atoms with E-state index >= 15 is 0 Å². The van der Waals surface area contributed by atoms with Crippen molar-refractivity contribution in [2.24, 2.45) is 11.8 Å². The van der Waals surface area contributed by atoms with Crippen LogP contribution in [0.4, 0.5) is 0 Å². The first kappa shape index (κ1) is 46.0. The van der Waals surface area contributed by atoms with Gasteiger partial charge in [0.05, 0.1) is 24.4 Å². The number of nitrogens with zero attached hydrogens (tertiary/aromatic N) is 1. The van der Waals surface area contributed by atoms with Crippen LogP contribution in [-0.2, 0) is 49.6 Å². The van der Waals surface area contributed by atoms with Crippen LogP contribution in [0.25, 0.3) is 0 Å². The van der Waals surface area contributed by atoms with Gasteiger partial charge in [0.1, 0.15) is 12.1 Å². The molecule has 304 valence electrons. The number of benzene rings is 1. The van der Waals surface area contributed by atoms with E-state index in [-0.39, 0.29) is 50.0 Å². The van der Waals surface area contributed by atoms with Crippen LogP contribution in [0.2, 0.25) is 0 Å². The Labute approximate surface area is 321 Å². The third kappa shape index (κ3) is 16.0. The van der Waals surface area contributed by atoms with Crippen LogP contribution in [0.5, 0.6) is 0 Å². The zero-order valence-electron chi connectivity index (χ0n) is 32.5. The van der Waals surface area contributed by atoms with Gasteiger partial charge in [0.2, 0.25) is 29.5 Å². The number of aliphatic carboxylic acids is 2. The van der Waals surface area contributed by atoms with Gasteiger partial charge >= 0.3 is 11.9 Å². The molecular weight excluding hydrogens is 714 g/mol. The third-order valence-corrected chi connectivity index (χ3v) is 9.75. The first-order valence-electron chi connectivity index (χ1n) is 18.9. The fraction of sp³-hybridized carbons (Fsp3) is 0.615. The Bertz CT molecular complexity index is 1550. The summed E-state index contributed by atoms with van der Waals surface area (Å²) in [4.78, 5) is 115. The minimum Gasteiger partial charge on any atom is -0.481 e. The largest absolute Gasteiger partial charge is 0.481 e. The van der Waals surface area contributed by atoms with Gasteiger partial charge in [-0.05, 0) is 56.9 Å². The lowest BCUT2D eigenvalue weighted by Crippen LogP contribution is -2.57. The number of ketones is 2. The average Bonchev–Trinajstić information content (AvgIpc) is 3.61. The summed E-state index contributed by atoms with van der Waals surface area (Å²) < 4.78 is 0. The first-order valence-corrected chi connectivity index (χ1v) is 18.9. The van der Waals surface area contributed by atoms with Crippen LogP contribution >= 0.6 is 0 Å². The molecule has 0 spiro atoms. The predicted molar refractivity (Wildman–Crippen MR) is 200 cm³/mol. The SMILES string of the molecule is CC[C@H](C)[C@H](NC(C)=O)C(=O)N[C@@H](CCC(=O)O)C(=O)N1CCC[C@H]1C(=O)C[C@@H](CC(=O)O)C(=O)NCCCC[C@H](NC(C)=O)C(=O)Cc1ccc(C)cc1. The van der Waals surface area contributed by atoms with Crippen molar-refractivity contribution in [2.45, 2.75) is 129 Å². The normalized spacial score (nSPS) is 16.5. The van der Waals surface area contributed by atoms with Crippen LogP contribution in [0.15, 0.2) is 24.3 Å². The molecule has 1 saturated heterocycles. The minimum atomic E-state index is -1.32. The van der Waals surface area contributed by atoms with Gasteiger partial charge in [0.25, 0.3) is 0 Å². The average molecular weight is 772 g/mol. The van der Waals surface area contributed by atoms with Gasteiger partial charge < -0.3 is 36.4 Å². The van der Waals surface area contributed by atoms with Crippen molar-refractivity contribution in [1.82, 2.24) is 26.2 Å². The fourth-order valence-corrected chi connectivity index (χ4v) is 6.54. The van der Waals surface area contributed by atoms with Crippen molar-refractivity contribution in [1.29, 1.82) is 0 Å². The maximum atomic E-state index is 13.8. The third-order valence-electron chi connectivity index (χ3n) is 9.75. The molecule has 1 heterocycles. The predicted octanol–water partition coefficient (Wildman–Crippen LogP) is 1.84. The van der Waals surface area contributed by atoms with Gasteiger partial charge in [-0.2, -0.15) is 0 Å². The molecule has 0 unspecified atom stereocenters. The highest BCUT2D eigenvalue weighted by atomic mass is 16.4. The number of amides is 5. The zero-order valence-corrected chi connectivity index (χ0v) is 32.5. The molecule has 0 bridgehead atoms. The maximum absolute atomic E-state index is 13.8. The van der Waals surface area contributed by atoms with Crippen LogP contribution < -0.4 is 21.3 Å². The Hall–Kier alpha value is -5.15. The van der Waals surface area contributed by atoms with E-state index < -0.39 is 90.7 Å². The molecule has 5 amide bonds. The van der Waals surface area contributed by atoms with Crippen molar-refractivity contribution < 1.29 is 53.4 Å². The Balaban J connectivity index is 2.06. The van der Waals surface area contributed by atoms with Crippen molar-refractivity contribution in [3.05, 3.63) is 35.4 Å². The summed E-state index contributed by atoms with van der Waals surface area (Å²) in [6, 6.07) is 3.46. The highest BCUT2D eigenvalue weighted by molar-refractivity contribution is 5.97. The van der Waals surface area contributed by atoms with Crippen molar-refractivity contribution in [3.8, 4) is 0 Å². The lowest BCUT2D eigenvalue weighted by Gasteiger charge is -2.31. The number of carboxylic acid groups (broad SMARTS) is 2. The van der Waals surface area contributed by atoms with Crippen molar-refractivity contribution >= 4 is 53.0 Å². The quantitative estimate of drug-likeness (QED) is 0.0828. The molecule has 0 aromatic heterocycles. The second kappa shape index (κ2) is 22.9. The van der Waals surface area contributed by atoms with Gasteiger partial charge in [-0.3, -0.25) is 43.2 Å². The Morgan fingerprint density at radius 1 is 0.818 bits per heavy atom. The summed E-state index contributed by atoms with van der Waals surface area (Å²) in [6.45, 7) is 8.32. The topological polar surface area (TPSA) is 245 Å². The van der Waals surface area contributed by atoms with Gasteiger partial charge in [-0.25, -0.2) is 0 Å². The number of carboxylic acids is 2. The molecule has 1 aromatic rings. The molecule has 55 heavy (non-hydrogen) atoms. The second-order valence-electron chi connectivity index (χ2n) is 14.4. The summed E-state index contributed by atoms with van der Waals surface area (Å²) in [5.41, 5.74) is 1.88. The number of likely N-dealkylation sites (tertiary alicyclic amines) is 1. The number of hydrogen-bond acceptors (Lipinski definition) is 9. The smallest absolute Gasteiger partial charge is 0.304 e. The molecule has 1 fully saturated rings. The fourth-order valence-electron chi connectivity index (χ4n) is 6.54. The van der Waals surface area contributed by atoms with Crippen molar-refractivity contribution in [3.63, 3.8) is 0 Å². The summed E-state index contributed by atoms with van der Waals surface area (Å²) >= 11 is 0. The standard InChI is InChI=1S/C39H57N5O11/c1-6-24(3)36(42-26(5)46)38(54)43-30(16-17-34(49)50)39(55)44-19-9-11-31(44)33(48)21-28(22-35(51)52)37(53)40-18-8-7-10-29(41-25(4)45)32(47)20-27-14-12-23(2)13-15-27/h12-15,24,28-31,36H,6-11,16-22H2,1-5H3,(H,40,53)(H,41,45)(H,42,46)(H,43,54)(H,49,50)(H,51,52)/t24-,28-,29-,30-,31-,36-/m0/s1. The Morgan fingerprint density at radius 3 is 2.05 bits per heavy atom. The van der Waals surface area contributed by atoms with E-state index in [0.29, 0.717) is 32.1 Å². The number of unbranched alkanes of at least 4 members (excludes halogenated alkanes) is 1. The monoisotopic (exact) mass is 771 g/mol. The molecule has 16 heteroatoms. The highest BCUT2D eigenvalue weighted by Gasteiger charge is 2.40. The number of rotatable bonds is 24. The number of aryl methyl sites for hydroxylation is 1. The van der Waals surface area contributed by atoms with Crippen LogP contribution in [-0.4, -0.2) is 105 Å². The van der Waals surface area contributed by atoms with E-state index in [4.69, 9.17) is 0 Å². The zero-order chi connectivity index (χ0) is 41.2. The maximum Gasteiger partial charge on any atom is 0.304 e. The lowest BCUT2D eigenvalue weighted by molar-refractivity contribution is -0.145. The number of carbonyl (C=O) groups excluding carboxylic acids is 7. The van der Waals surface area contributed by atoms with Crippen LogP contribution in [0.1, 0.15) is 103 Å². The molecule has 16 nitrogen and oxygen atoms in total. The van der Waals surface area contributed by atoms with Gasteiger partial charge in [0.15, 0.2) is 11.6 Å². The van der Waals surface area contributed by atoms with Crippen LogP contribution in [0.3, 0.4) is 0 Å². The molecule has 1 aromatic carbocycles. The molecule has 6 atom stereocenters. The number of carbonyl (C=O) groups is 9. The molecule has 0 saturated carbocycles. The van der Waals surface area contributed by atoms with E-state index in [1.165, 1.54) is 18.7 Å². The number of Topliss-reactive ketones (excluding diaryl/α,β-unsaturated/α-hetero) is 2. The highest BCUT2D eigenvalue weighted by Crippen LogP contribution is 2.24. The van der Waals surface area contributed by atoms with Gasteiger partial charge in [0, 0.05) is 46.2 Å². The van der Waals surface area contributed by atoms with E-state index in [1.807, 2.05) is 38.1 Å². The minimum absolute atomic E-state index is 0.122. The first-order chi connectivity index (χ1) is 25.9. The van der Waals surface area contributed by atoms with Crippen molar-refractivity contribution in [2.75, 3.05) is 13.1 Å². The summed E-state index contributed by atoms with van der Waals surface area (Å²) in [5, 5.41) is 29.4. The summed E-state index contributed by atoms with van der Waals surface area (Å²) in [7, 11) is 0. The van der Waals surface area contributed by atoms with E-state index in [1.54, 1.807) is 6.92 Å². The lowest BCUT2D eigenvalue weighted by atomic mass is 9.93. The second-order valence-corrected chi connectivity index (χ2v) is 14.4. The molecule has 6 N–H and O–H groups in total. The van der Waals surface area contributed by atoms with E-state index in [2.05, 4.69) is 21.3 Å². The Kier molecular flexibility index (Phi) is 19.2. The molecule has 1 aliphatic heterocycles. The number of hydrogen-bond donors (Lipinski definition) is 6. The molecular formula is C39H57N5O11. The number of nitrogens with one attached hydrogen (secondary N) is 4. The Morgan fingerprint density at radius 2 is 1.47 bits per heavy atom. The summed E-state index contributed by atoms with van der Waals surface area (Å²) in [5.74, 6) is -7.60. The molecule has 2 rings (SSSR count). The summed E-state index contributed by atoms with van der Waals surface area (Å²) in [6.07, 6.45) is 0.622. The van der Waals surface area contributed by atoms with Gasteiger partial charge in [-0.1, -0.05) is 50.1 Å². The van der Waals surface area contributed by atoms with E-state index in [9.17, 15) is 53.4 Å². The van der Waals surface area contributed by atoms with E-state index in [0.717, 1.165) is 11.1 Å². The van der Waals surface area contributed by atoms with Crippen LogP contribution in [0, 0.1) is 18.8 Å². The van der Waals surface area contributed by atoms with Gasteiger partial charge in [-0.15, -0.1) is 0 Å².